The number of aliphatic carboxylic acids is 1. The van der Waals surface area contributed by atoms with Crippen molar-refractivity contribution < 1.29 is 24.5 Å². The molecule has 0 aromatic carbocycles. The first-order valence-electron chi connectivity index (χ1n) is 11.1. The van der Waals surface area contributed by atoms with E-state index in [2.05, 4.69) is 32.1 Å². The van der Waals surface area contributed by atoms with Crippen LogP contribution in [0.2, 0.25) is 0 Å². The molecule has 4 unspecified atom stereocenters. The molecule has 0 aromatic heterocycles. The number of carboxylic acids is 1. The molecular formula is C24H40O5. The number of aliphatic hydroxyl groups excluding tert-OH is 1. The molecule has 0 saturated carbocycles. The summed E-state index contributed by atoms with van der Waals surface area (Å²) in [7, 11) is 0. The summed E-state index contributed by atoms with van der Waals surface area (Å²) < 4.78 is 5.20. The Morgan fingerprint density at radius 2 is 1.93 bits per heavy atom. The third kappa shape index (κ3) is 9.16. The lowest BCUT2D eigenvalue weighted by atomic mass is 9.67. The van der Waals surface area contributed by atoms with Crippen LogP contribution in [0, 0.1) is 29.6 Å². The van der Waals surface area contributed by atoms with Crippen molar-refractivity contribution in [3.8, 4) is 0 Å². The van der Waals surface area contributed by atoms with Gasteiger partial charge in [0.1, 0.15) is 0 Å². The summed E-state index contributed by atoms with van der Waals surface area (Å²) in [5, 5.41) is 17.3. The Morgan fingerprint density at radius 3 is 2.48 bits per heavy atom. The van der Waals surface area contributed by atoms with Crippen LogP contribution in [0.15, 0.2) is 23.8 Å². The molecule has 2 aliphatic rings. The van der Waals surface area contributed by atoms with E-state index >= 15 is 0 Å². The number of fused-ring (bicyclic) bond motifs is 1. The minimum absolute atomic E-state index is 0.0932. The molecule has 5 nitrogen and oxygen atoms in total. The van der Waals surface area contributed by atoms with Crippen molar-refractivity contribution in [2.75, 3.05) is 6.61 Å². The summed E-state index contributed by atoms with van der Waals surface area (Å²) >= 11 is 0. The van der Waals surface area contributed by atoms with Gasteiger partial charge in [0.15, 0.2) is 0 Å². The Kier molecular flexibility index (Phi) is 11.3. The molecule has 0 radical (unpaired) electrons. The highest BCUT2D eigenvalue weighted by Gasteiger charge is 2.32. The molecular weight excluding hydrogens is 368 g/mol. The van der Waals surface area contributed by atoms with E-state index in [0.717, 1.165) is 19.3 Å². The third-order valence-electron chi connectivity index (χ3n) is 6.06. The van der Waals surface area contributed by atoms with E-state index in [1.807, 2.05) is 6.92 Å². The van der Waals surface area contributed by atoms with Crippen LogP contribution in [-0.2, 0) is 14.3 Å². The van der Waals surface area contributed by atoms with Gasteiger partial charge < -0.3 is 14.9 Å². The van der Waals surface area contributed by atoms with Crippen LogP contribution in [-0.4, -0.2) is 34.9 Å². The van der Waals surface area contributed by atoms with Crippen LogP contribution in [0.25, 0.3) is 0 Å². The zero-order valence-corrected chi connectivity index (χ0v) is 18.8. The highest BCUT2D eigenvalue weighted by Crippen LogP contribution is 2.43. The van der Waals surface area contributed by atoms with Gasteiger partial charge in [0.25, 0.3) is 0 Å². The van der Waals surface area contributed by atoms with Gasteiger partial charge in [-0.2, -0.15) is 0 Å². The fourth-order valence-corrected chi connectivity index (χ4v) is 4.00. The lowest BCUT2D eigenvalue weighted by Crippen LogP contribution is -2.28. The van der Waals surface area contributed by atoms with Crippen LogP contribution < -0.4 is 0 Å². The Hall–Kier alpha value is -1.62. The van der Waals surface area contributed by atoms with Crippen molar-refractivity contribution in [1.82, 2.24) is 0 Å². The van der Waals surface area contributed by atoms with Gasteiger partial charge in [-0.3, -0.25) is 9.59 Å². The molecule has 0 heterocycles. The number of carboxylic acid groups (broad SMARTS) is 1. The van der Waals surface area contributed by atoms with Crippen molar-refractivity contribution in [3.63, 3.8) is 0 Å². The summed E-state index contributed by atoms with van der Waals surface area (Å²) in [5.74, 6) is 1.47. The van der Waals surface area contributed by atoms with Gasteiger partial charge in [-0.15, -0.1) is 0 Å². The van der Waals surface area contributed by atoms with Crippen molar-refractivity contribution in [2.45, 2.75) is 79.2 Å². The molecule has 2 N–H and O–H groups in total. The van der Waals surface area contributed by atoms with Gasteiger partial charge in [0.05, 0.1) is 25.0 Å². The molecule has 0 bridgehead atoms. The first-order chi connectivity index (χ1) is 13.6. The average Bonchev–Trinajstić information content (AvgIpc) is 2.65. The topological polar surface area (TPSA) is 83.8 Å². The lowest BCUT2D eigenvalue weighted by molar-refractivity contribution is -0.146. The van der Waals surface area contributed by atoms with E-state index in [1.165, 1.54) is 18.4 Å². The largest absolute Gasteiger partial charge is 0.481 e. The maximum absolute atomic E-state index is 11.4. The maximum Gasteiger partial charge on any atom is 0.308 e. The predicted molar refractivity (Wildman–Crippen MR) is 115 cm³/mol. The van der Waals surface area contributed by atoms with Crippen molar-refractivity contribution in [3.05, 3.63) is 23.8 Å². The Labute approximate surface area is 176 Å². The summed E-state index contributed by atoms with van der Waals surface area (Å²) in [4.78, 5) is 21.4. The SMILES string of the molecule is CC(O)CC(=O)OCCC[C@H]1C(C)C=CC2=C[C@H](C)CCC21.CCC(C)C(=O)O. The minimum Gasteiger partial charge on any atom is -0.481 e. The van der Waals surface area contributed by atoms with Crippen LogP contribution in [0.5, 0.6) is 0 Å². The van der Waals surface area contributed by atoms with Crippen LogP contribution in [0.3, 0.4) is 0 Å². The van der Waals surface area contributed by atoms with Crippen molar-refractivity contribution in [1.29, 1.82) is 0 Å². The first kappa shape index (κ1) is 25.4. The monoisotopic (exact) mass is 408 g/mol. The molecule has 0 fully saturated rings. The standard InChI is InChI=1S/C19H30O3.C5H10O2/c1-13-6-9-18-16(11-13)8-7-14(2)17(18)5-4-10-22-19(21)12-15(3)20;1-3-4(2)5(6)7/h7-8,11,13-15,17-18,20H,4-6,9-10,12H2,1-3H3;4H,3H2,1-2H3,(H,6,7)/t13-,14?,15?,17+,18?;/m1./s1. The van der Waals surface area contributed by atoms with Gasteiger partial charge >= 0.3 is 11.9 Å². The maximum atomic E-state index is 11.4. The number of esters is 1. The van der Waals surface area contributed by atoms with Crippen molar-refractivity contribution >= 4 is 11.9 Å². The normalized spacial score (nSPS) is 27.6. The van der Waals surface area contributed by atoms with E-state index in [0.29, 0.717) is 30.3 Å². The highest BCUT2D eigenvalue weighted by atomic mass is 16.5. The molecule has 29 heavy (non-hydrogen) atoms. The zero-order chi connectivity index (χ0) is 22.0. The molecule has 0 amide bonds. The fraction of sp³-hybridized carbons (Fsp3) is 0.750. The van der Waals surface area contributed by atoms with Gasteiger partial charge in [0.2, 0.25) is 0 Å². The molecule has 5 heteroatoms. The predicted octanol–water partition coefficient (Wildman–Crippen LogP) is 4.99. The lowest BCUT2D eigenvalue weighted by Gasteiger charge is -2.38. The quantitative estimate of drug-likeness (QED) is 0.436. The van der Waals surface area contributed by atoms with E-state index in [4.69, 9.17) is 14.9 Å². The summed E-state index contributed by atoms with van der Waals surface area (Å²) in [6.07, 6.45) is 11.9. The summed E-state index contributed by atoms with van der Waals surface area (Å²) in [6, 6.07) is 0. The van der Waals surface area contributed by atoms with Crippen LogP contribution >= 0.6 is 0 Å². The first-order valence-corrected chi connectivity index (χ1v) is 11.1. The van der Waals surface area contributed by atoms with Crippen LogP contribution in [0.1, 0.15) is 73.1 Å². The molecule has 2 rings (SSSR count). The second-order valence-corrected chi connectivity index (χ2v) is 8.77. The number of hydrogen-bond donors (Lipinski definition) is 2. The number of hydrogen-bond acceptors (Lipinski definition) is 4. The molecule has 0 aromatic rings. The zero-order valence-electron chi connectivity index (χ0n) is 18.8. The molecule has 0 saturated heterocycles. The number of allylic oxidation sites excluding steroid dienone is 4. The van der Waals surface area contributed by atoms with Gasteiger partial charge in [-0.05, 0) is 68.3 Å². The summed E-state index contributed by atoms with van der Waals surface area (Å²) in [5.41, 5.74) is 1.52. The Morgan fingerprint density at radius 1 is 1.24 bits per heavy atom. The number of carbonyl (C=O) groups is 2. The van der Waals surface area contributed by atoms with E-state index in [1.54, 1.807) is 13.8 Å². The molecule has 166 valence electrons. The fourth-order valence-electron chi connectivity index (χ4n) is 4.00. The molecule has 0 spiro atoms. The highest BCUT2D eigenvalue weighted by molar-refractivity contribution is 5.69. The molecule has 6 atom stereocenters. The Bertz CT molecular complexity index is 578. The van der Waals surface area contributed by atoms with Crippen LogP contribution in [0.4, 0.5) is 0 Å². The minimum atomic E-state index is -0.706. The van der Waals surface area contributed by atoms with E-state index < -0.39 is 12.1 Å². The molecule has 2 aliphatic carbocycles. The Balaban J connectivity index is 0.000000516. The second kappa shape index (κ2) is 12.8. The number of carbonyl (C=O) groups excluding carboxylic acids is 1. The average molecular weight is 409 g/mol. The number of rotatable bonds is 8. The number of ether oxygens (including phenoxy) is 1. The second-order valence-electron chi connectivity index (χ2n) is 8.77. The third-order valence-corrected chi connectivity index (χ3v) is 6.06. The number of aliphatic hydroxyl groups is 1. The van der Waals surface area contributed by atoms with E-state index in [-0.39, 0.29) is 18.3 Å². The van der Waals surface area contributed by atoms with Gasteiger partial charge in [0, 0.05) is 0 Å². The van der Waals surface area contributed by atoms with Gasteiger partial charge in [-0.1, -0.05) is 45.9 Å². The van der Waals surface area contributed by atoms with Crippen molar-refractivity contribution in [2.24, 2.45) is 29.6 Å². The smallest absolute Gasteiger partial charge is 0.308 e. The van der Waals surface area contributed by atoms with E-state index in [9.17, 15) is 9.59 Å². The molecule has 0 aliphatic heterocycles. The summed E-state index contributed by atoms with van der Waals surface area (Å²) in [6.45, 7) is 10.2. The van der Waals surface area contributed by atoms with Gasteiger partial charge in [-0.25, -0.2) is 0 Å².